The van der Waals surface area contributed by atoms with Crippen molar-refractivity contribution in [2.24, 2.45) is 5.92 Å². The molecule has 156 valence electrons. The maximum Gasteiger partial charge on any atom is 0.0357 e. The summed E-state index contributed by atoms with van der Waals surface area (Å²) < 4.78 is 0. The lowest BCUT2D eigenvalue weighted by atomic mass is 9.66. The summed E-state index contributed by atoms with van der Waals surface area (Å²) in [5.74, 6) is 0.552. The van der Waals surface area contributed by atoms with Crippen LogP contribution in [0.1, 0.15) is 32.1 Å². The molecule has 2 heteroatoms. The van der Waals surface area contributed by atoms with Gasteiger partial charge in [0.05, 0.1) is 0 Å². The first-order chi connectivity index (χ1) is 14.7. The summed E-state index contributed by atoms with van der Waals surface area (Å²) in [4.78, 5) is 4.83. The van der Waals surface area contributed by atoms with E-state index in [9.17, 15) is 0 Å². The van der Waals surface area contributed by atoms with Crippen LogP contribution >= 0.6 is 0 Å². The van der Waals surface area contributed by atoms with E-state index in [1.165, 1.54) is 29.0 Å². The third-order valence-corrected chi connectivity index (χ3v) is 6.69. The smallest absolute Gasteiger partial charge is 0.0357 e. The van der Waals surface area contributed by atoms with E-state index >= 15 is 0 Å². The second-order valence-corrected chi connectivity index (χ2v) is 8.61. The van der Waals surface area contributed by atoms with Gasteiger partial charge in [-0.3, -0.25) is 0 Å². The zero-order valence-corrected chi connectivity index (χ0v) is 18.2. The van der Waals surface area contributed by atoms with Crippen LogP contribution in [-0.2, 0) is 0 Å². The Balaban J connectivity index is 1.67. The van der Waals surface area contributed by atoms with Gasteiger partial charge in [0.2, 0.25) is 0 Å². The standard InChI is InChI=1S/C28H34N2/c1-5-13-29(14-6-2)25-17-21-9-11-23-19-26(30(15-7-3)16-8-4)20-24-12-10-22(18-25)27(21)28(23)24/h5-9,18,20,24H,1-4,10-17,19H2. The fourth-order valence-corrected chi connectivity index (χ4v) is 5.47. The Bertz CT molecular complexity index is 898. The largest absolute Gasteiger partial charge is 0.367 e. The molecule has 0 saturated heterocycles. The third-order valence-electron chi connectivity index (χ3n) is 6.69. The van der Waals surface area contributed by atoms with E-state index in [-0.39, 0.29) is 0 Å². The van der Waals surface area contributed by atoms with E-state index in [0.717, 1.165) is 51.9 Å². The molecule has 0 spiro atoms. The molecule has 4 rings (SSSR count). The van der Waals surface area contributed by atoms with E-state index in [1.807, 2.05) is 24.3 Å². The fourth-order valence-electron chi connectivity index (χ4n) is 5.47. The van der Waals surface area contributed by atoms with E-state index in [1.54, 1.807) is 16.7 Å². The molecule has 4 aliphatic carbocycles. The summed E-state index contributed by atoms with van der Waals surface area (Å²) in [6, 6.07) is 0. The summed E-state index contributed by atoms with van der Waals surface area (Å²) in [5, 5.41) is 0. The van der Waals surface area contributed by atoms with Crippen molar-refractivity contribution in [2.75, 3.05) is 26.2 Å². The minimum atomic E-state index is 0.552. The molecule has 0 aromatic rings. The molecule has 0 bridgehead atoms. The predicted molar refractivity (Wildman–Crippen MR) is 129 cm³/mol. The lowest BCUT2D eigenvalue weighted by Crippen LogP contribution is -2.31. The number of rotatable bonds is 10. The van der Waals surface area contributed by atoms with Gasteiger partial charge >= 0.3 is 0 Å². The summed E-state index contributed by atoms with van der Waals surface area (Å²) in [6.45, 7) is 19.3. The quantitative estimate of drug-likeness (QED) is 0.402. The Hall–Kier alpha value is -2.74. The second kappa shape index (κ2) is 8.95. The predicted octanol–water partition coefficient (Wildman–Crippen LogP) is 6.24. The van der Waals surface area contributed by atoms with Crippen LogP contribution in [-0.4, -0.2) is 36.0 Å². The highest BCUT2D eigenvalue weighted by molar-refractivity contribution is 5.65. The van der Waals surface area contributed by atoms with Crippen LogP contribution in [0, 0.1) is 5.92 Å². The summed E-state index contributed by atoms with van der Waals surface area (Å²) in [5.41, 5.74) is 10.8. The molecule has 30 heavy (non-hydrogen) atoms. The maximum atomic E-state index is 3.95. The van der Waals surface area contributed by atoms with Crippen LogP contribution in [0.3, 0.4) is 0 Å². The molecular formula is C28H34N2. The molecule has 0 saturated carbocycles. The Morgan fingerprint density at radius 2 is 1.50 bits per heavy atom. The van der Waals surface area contributed by atoms with Crippen LogP contribution in [0.2, 0.25) is 0 Å². The Morgan fingerprint density at radius 1 is 0.867 bits per heavy atom. The van der Waals surface area contributed by atoms with E-state index < -0.39 is 0 Å². The van der Waals surface area contributed by atoms with Gasteiger partial charge in [-0.05, 0) is 47.6 Å². The zero-order chi connectivity index (χ0) is 21.1. The van der Waals surface area contributed by atoms with Crippen molar-refractivity contribution in [1.29, 1.82) is 0 Å². The van der Waals surface area contributed by atoms with Crippen molar-refractivity contribution in [1.82, 2.24) is 9.80 Å². The highest BCUT2D eigenvalue weighted by Crippen LogP contribution is 2.51. The molecule has 0 amide bonds. The molecule has 0 aliphatic heterocycles. The Labute approximate surface area is 182 Å². The first kappa shape index (κ1) is 20.5. The van der Waals surface area contributed by atoms with Gasteiger partial charge in [-0.25, -0.2) is 0 Å². The topological polar surface area (TPSA) is 6.48 Å². The number of nitrogens with zero attached hydrogens (tertiary/aromatic N) is 2. The van der Waals surface area contributed by atoms with Crippen LogP contribution in [0.4, 0.5) is 0 Å². The van der Waals surface area contributed by atoms with Gasteiger partial charge in [0, 0.05) is 56.3 Å². The van der Waals surface area contributed by atoms with Crippen LogP contribution in [0.15, 0.2) is 108 Å². The fraction of sp³-hybridized carbons (Fsp3) is 0.357. The first-order valence-corrected chi connectivity index (χ1v) is 11.2. The average Bonchev–Trinajstić information content (AvgIpc) is 2.76. The number of hydrogen-bond acceptors (Lipinski definition) is 2. The molecule has 0 N–H and O–H groups in total. The van der Waals surface area contributed by atoms with Crippen LogP contribution < -0.4 is 0 Å². The van der Waals surface area contributed by atoms with Crippen LogP contribution in [0.5, 0.6) is 0 Å². The highest BCUT2D eigenvalue weighted by Gasteiger charge is 2.36. The maximum absolute atomic E-state index is 3.95. The molecule has 0 radical (unpaired) electrons. The molecule has 0 fully saturated rings. The second-order valence-electron chi connectivity index (χ2n) is 8.61. The van der Waals surface area contributed by atoms with Gasteiger partial charge in [-0.2, -0.15) is 0 Å². The van der Waals surface area contributed by atoms with E-state index in [2.05, 4.69) is 54.3 Å². The molecular weight excluding hydrogens is 364 g/mol. The summed E-state index contributed by atoms with van der Waals surface area (Å²) in [6.07, 6.45) is 21.0. The Kier molecular flexibility index (Phi) is 6.13. The van der Waals surface area contributed by atoms with Gasteiger partial charge in [0.15, 0.2) is 0 Å². The minimum Gasteiger partial charge on any atom is -0.367 e. The monoisotopic (exact) mass is 398 g/mol. The SMILES string of the molecule is C=CCN(CC=C)C1=CC2=C3C(=CCC4=C3C(C=C(N(CC=C)CC=C)C4)CC2)C1. The van der Waals surface area contributed by atoms with E-state index in [4.69, 9.17) is 0 Å². The normalized spacial score (nSPS) is 21.7. The number of allylic oxidation sites excluding steroid dienone is 8. The third kappa shape index (κ3) is 3.71. The molecule has 4 aliphatic rings. The lowest BCUT2D eigenvalue weighted by molar-refractivity contribution is 0.395. The van der Waals surface area contributed by atoms with Crippen LogP contribution in [0.25, 0.3) is 0 Å². The molecule has 0 aromatic carbocycles. The zero-order valence-electron chi connectivity index (χ0n) is 18.2. The van der Waals surface area contributed by atoms with Crippen molar-refractivity contribution in [2.45, 2.75) is 32.1 Å². The molecule has 1 atom stereocenters. The van der Waals surface area contributed by atoms with Crippen molar-refractivity contribution in [3.05, 3.63) is 108 Å². The van der Waals surface area contributed by atoms with Gasteiger partial charge in [0.1, 0.15) is 0 Å². The van der Waals surface area contributed by atoms with E-state index in [0.29, 0.717) is 5.92 Å². The van der Waals surface area contributed by atoms with Crippen molar-refractivity contribution < 1.29 is 0 Å². The Morgan fingerprint density at radius 3 is 2.13 bits per heavy atom. The summed E-state index contributed by atoms with van der Waals surface area (Å²) >= 11 is 0. The highest BCUT2D eigenvalue weighted by atomic mass is 15.1. The first-order valence-electron chi connectivity index (χ1n) is 11.2. The molecule has 1 unspecified atom stereocenters. The van der Waals surface area contributed by atoms with Crippen molar-refractivity contribution >= 4 is 0 Å². The average molecular weight is 399 g/mol. The van der Waals surface area contributed by atoms with Gasteiger partial charge < -0.3 is 9.80 Å². The summed E-state index contributed by atoms with van der Waals surface area (Å²) in [7, 11) is 0. The minimum absolute atomic E-state index is 0.552. The van der Waals surface area contributed by atoms with Gasteiger partial charge in [0.25, 0.3) is 0 Å². The molecule has 0 aromatic heterocycles. The molecule has 0 heterocycles. The van der Waals surface area contributed by atoms with Crippen molar-refractivity contribution in [3.8, 4) is 0 Å². The van der Waals surface area contributed by atoms with Gasteiger partial charge in [-0.1, -0.05) is 42.0 Å². The van der Waals surface area contributed by atoms with Gasteiger partial charge in [-0.15, -0.1) is 26.3 Å². The lowest BCUT2D eigenvalue weighted by Gasteiger charge is -2.42. The van der Waals surface area contributed by atoms with Crippen molar-refractivity contribution in [3.63, 3.8) is 0 Å². The number of hydrogen-bond donors (Lipinski definition) is 0. The molecule has 2 nitrogen and oxygen atoms in total.